The van der Waals surface area contributed by atoms with Crippen LogP contribution < -0.4 is 15.8 Å². The number of nitrogens with two attached hydrogens (primary N) is 1. The van der Waals surface area contributed by atoms with Crippen molar-refractivity contribution in [2.24, 2.45) is 0 Å². The summed E-state index contributed by atoms with van der Waals surface area (Å²) in [6.45, 7) is 5.29. The highest BCUT2D eigenvalue weighted by molar-refractivity contribution is 5.33. The Balaban J connectivity index is 2.04. The first-order valence-electron chi connectivity index (χ1n) is 6.16. The minimum Gasteiger partial charge on any atom is -0.461 e. The summed E-state index contributed by atoms with van der Waals surface area (Å²) in [5, 5.41) is 3.19. The molecule has 1 aromatic heterocycles. The SMILES string of the molecule is CC(C)Oc1nc(N)nc(NC2CCCOC2)n1. The third-order valence-corrected chi connectivity index (χ3v) is 2.47. The lowest BCUT2D eigenvalue weighted by Crippen LogP contribution is -2.31. The number of nitrogens with one attached hydrogen (secondary N) is 1. The van der Waals surface area contributed by atoms with E-state index in [9.17, 15) is 0 Å². The maximum atomic E-state index is 5.63. The fraction of sp³-hybridized carbons (Fsp3) is 0.727. The van der Waals surface area contributed by atoms with Crippen LogP contribution in [0.4, 0.5) is 11.9 Å². The molecule has 2 heterocycles. The van der Waals surface area contributed by atoms with Crippen LogP contribution in [0.15, 0.2) is 0 Å². The summed E-state index contributed by atoms with van der Waals surface area (Å²) >= 11 is 0. The summed E-state index contributed by atoms with van der Waals surface area (Å²) in [6.07, 6.45) is 2.07. The van der Waals surface area contributed by atoms with Crippen LogP contribution in [0.3, 0.4) is 0 Å². The van der Waals surface area contributed by atoms with E-state index in [1.807, 2.05) is 13.8 Å². The minimum absolute atomic E-state index is 0.00216. The largest absolute Gasteiger partial charge is 0.461 e. The highest BCUT2D eigenvalue weighted by Crippen LogP contribution is 2.14. The molecule has 1 unspecified atom stereocenters. The predicted molar refractivity (Wildman–Crippen MR) is 67.5 cm³/mol. The highest BCUT2D eigenvalue weighted by atomic mass is 16.5. The zero-order valence-corrected chi connectivity index (χ0v) is 10.7. The number of nitrogen functional groups attached to an aromatic ring is 1. The number of aromatic nitrogens is 3. The molecule has 7 nitrogen and oxygen atoms in total. The highest BCUT2D eigenvalue weighted by Gasteiger charge is 2.16. The first-order chi connectivity index (χ1) is 8.63. The van der Waals surface area contributed by atoms with E-state index in [-0.39, 0.29) is 24.1 Å². The second-order valence-corrected chi connectivity index (χ2v) is 4.52. The Morgan fingerprint density at radius 2 is 2.22 bits per heavy atom. The van der Waals surface area contributed by atoms with Crippen LogP contribution in [-0.2, 0) is 4.74 Å². The van der Waals surface area contributed by atoms with Crippen molar-refractivity contribution in [2.45, 2.75) is 38.8 Å². The van der Waals surface area contributed by atoms with Gasteiger partial charge < -0.3 is 20.5 Å². The van der Waals surface area contributed by atoms with Gasteiger partial charge in [-0.2, -0.15) is 15.0 Å². The molecule has 1 aromatic rings. The van der Waals surface area contributed by atoms with Gasteiger partial charge in [0.05, 0.1) is 18.8 Å². The zero-order valence-electron chi connectivity index (χ0n) is 10.7. The normalized spacial score (nSPS) is 19.8. The standard InChI is InChI=1S/C11H19N5O2/c1-7(2)18-11-15-9(12)14-10(16-11)13-8-4-3-5-17-6-8/h7-8H,3-6H2,1-2H3,(H3,12,13,14,15,16). The first-order valence-corrected chi connectivity index (χ1v) is 6.16. The number of hydrogen-bond donors (Lipinski definition) is 2. The van der Waals surface area contributed by atoms with Crippen LogP contribution >= 0.6 is 0 Å². The third-order valence-electron chi connectivity index (χ3n) is 2.47. The lowest BCUT2D eigenvalue weighted by Gasteiger charge is -2.23. The minimum atomic E-state index is -0.00216. The average molecular weight is 253 g/mol. The Morgan fingerprint density at radius 1 is 1.39 bits per heavy atom. The maximum absolute atomic E-state index is 5.63. The molecule has 7 heteroatoms. The number of nitrogens with zero attached hydrogens (tertiary/aromatic N) is 3. The number of rotatable bonds is 4. The van der Waals surface area contributed by atoms with Crippen molar-refractivity contribution in [3.63, 3.8) is 0 Å². The molecule has 1 aliphatic heterocycles. The van der Waals surface area contributed by atoms with Crippen molar-refractivity contribution < 1.29 is 9.47 Å². The molecule has 0 saturated carbocycles. The van der Waals surface area contributed by atoms with E-state index >= 15 is 0 Å². The summed E-state index contributed by atoms with van der Waals surface area (Å²) in [5.74, 6) is 0.591. The van der Waals surface area contributed by atoms with Gasteiger partial charge in [0.25, 0.3) is 0 Å². The molecule has 1 atom stereocenters. The van der Waals surface area contributed by atoms with Crippen LogP contribution in [0.5, 0.6) is 6.01 Å². The Kier molecular flexibility index (Phi) is 4.14. The zero-order chi connectivity index (χ0) is 13.0. The molecule has 0 spiro atoms. The lowest BCUT2D eigenvalue weighted by atomic mass is 10.1. The number of hydrogen-bond acceptors (Lipinski definition) is 7. The van der Waals surface area contributed by atoms with Gasteiger partial charge in [-0.1, -0.05) is 0 Å². The maximum Gasteiger partial charge on any atom is 0.323 e. The Bertz CT molecular complexity index is 393. The quantitative estimate of drug-likeness (QED) is 0.820. The van der Waals surface area contributed by atoms with Crippen LogP contribution in [0.25, 0.3) is 0 Å². The van der Waals surface area contributed by atoms with Gasteiger partial charge in [0.2, 0.25) is 11.9 Å². The summed E-state index contributed by atoms with van der Waals surface area (Å²) < 4.78 is 10.8. The van der Waals surface area contributed by atoms with E-state index < -0.39 is 0 Å². The molecule has 18 heavy (non-hydrogen) atoms. The lowest BCUT2D eigenvalue weighted by molar-refractivity contribution is 0.0873. The van der Waals surface area contributed by atoms with E-state index in [0.717, 1.165) is 19.4 Å². The van der Waals surface area contributed by atoms with Crippen LogP contribution in [0, 0.1) is 0 Å². The fourth-order valence-electron chi connectivity index (χ4n) is 1.74. The fourth-order valence-corrected chi connectivity index (χ4v) is 1.74. The third kappa shape index (κ3) is 3.69. The van der Waals surface area contributed by atoms with Gasteiger partial charge in [0.15, 0.2) is 0 Å². The van der Waals surface area contributed by atoms with Crippen molar-refractivity contribution in [3.8, 4) is 6.01 Å². The molecule has 0 aromatic carbocycles. The van der Waals surface area contributed by atoms with Crippen molar-refractivity contribution in [2.75, 3.05) is 24.3 Å². The molecule has 0 bridgehead atoms. The summed E-state index contributed by atoms with van der Waals surface area (Å²) in [4.78, 5) is 12.2. The van der Waals surface area contributed by atoms with Gasteiger partial charge in [-0.05, 0) is 26.7 Å². The number of ether oxygens (including phenoxy) is 2. The molecular formula is C11H19N5O2. The molecular weight excluding hydrogens is 234 g/mol. The second-order valence-electron chi connectivity index (χ2n) is 4.52. The molecule has 1 saturated heterocycles. The van der Waals surface area contributed by atoms with Gasteiger partial charge >= 0.3 is 6.01 Å². The van der Waals surface area contributed by atoms with Crippen LogP contribution in [-0.4, -0.2) is 40.3 Å². The van der Waals surface area contributed by atoms with E-state index in [1.54, 1.807) is 0 Å². The molecule has 0 amide bonds. The van der Waals surface area contributed by atoms with E-state index in [4.69, 9.17) is 15.2 Å². The molecule has 3 N–H and O–H groups in total. The van der Waals surface area contributed by atoms with Crippen molar-refractivity contribution in [1.29, 1.82) is 0 Å². The topological polar surface area (TPSA) is 95.2 Å². The molecule has 1 aliphatic rings. The van der Waals surface area contributed by atoms with Gasteiger partial charge in [-0.25, -0.2) is 0 Å². The van der Waals surface area contributed by atoms with Crippen molar-refractivity contribution >= 4 is 11.9 Å². The average Bonchev–Trinajstić information content (AvgIpc) is 2.28. The molecule has 100 valence electrons. The molecule has 2 rings (SSSR count). The van der Waals surface area contributed by atoms with E-state index in [0.29, 0.717) is 12.6 Å². The van der Waals surface area contributed by atoms with Gasteiger partial charge in [0, 0.05) is 6.61 Å². The van der Waals surface area contributed by atoms with Crippen LogP contribution in [0.2, 0.25) is 0 Å². The summed E-state index contributed by atoms with van der Waals surface area (Å²) in [5.41, 5.74) is 5.63. The van der Waals surface area contributed by atoms with Crippen molar-refractivity contribution in [1.82, 2.24) is 15.0 Å². The first kappa shape index (κ1) is 12.8. The molecule has 0 radical (unpaired) electrons. The monoisotopic (exact) mass is 253 g/mol. The summed E-state index contributed by atoms with van der Waals surface area (Å²) in [6, 6.07) is 0.462. The van der Waals surface area contributed by atoms with E-state index in [1.165, 1.54) is 0 Å². The molecule has 0 aliphatic carbocycles. The Labute approximate surface area is 106 Å². The Morgan fingerprint density at radius 3 is 2.89 bits per heavy atom. The van der Waals surface area contributed by atoms with Gasteiger partial charge in [-0.3, -0.25) is 0 Å². The predicted octanol–water partition coefficient (Wildman–Crippen LogP) is 0.832. The van der Waals surface area contributed by atoms with Crippen molar-refractivity contribution in [3.05, 3.63) is 0 Å². The smallest absolute Gasteiger partial charge is 0.323 e. The van der Waals surface area contributed by atoms with Crippen LogP contribution in [0.1, 0.15) is 26.7 Å². The van der Waals surface area contributed by atoms with E-state index in [2.05, 4.69) is 20.3 Å². The Hall–Kier alpha value is -1.63. The molecule has 1 fully saturated rings. The van der Waals surface area contributed by atoms with Gasteiger partial charge in [-0.15, -0.1) is 0 Å². The second kappa shape index (κ2) is 5.81. The summed E-state index contributed by atoms with van der Waals surface area (Å²) in [7, 11) is 0. The number of anilines is 2. The van der Waals surface area contributed by atoms with Gasteiger partial charge in [0.1, 0.15) is 0 Å².